The molecule has 0 spiro atoms. The van der Waals surface area contributed by atoms with Crippen LogP contribution in [0.3, 0.4) is 0 Å². The standard InChI is InChI=1S/C22H20N4O2S/c1-16-7-9-17(10-8-16)15-26-13-3-2-6-19(26)23-20(27)11-12-21-24-22(25-28-21)18-5-4-14-29-18/h2-10,13-14H,11-12,15H2,1H3. The van der Waals surface area contributed by atoms with Crippen LogP contribution in [0.15, 0.2) is 75.7 Å². The Morgan fingerprint density at radius 1 is 1.14 bits per heavy atom. The Morgan fingerprint density at radius 2 is 2.00 bits per heavy atom. The van der Waals surface area contributed by atoms with Crippen LogP contribution in [0.5, 0.6) is 0 Å². The average Bonchev–Trinajstić information content (AvgIpc) is 3.41. The SMILES string of the molecule is Cc1ccc(Cn2ccccc2=NC(=O)CCc2nc(-c3cccs3)no2)cc1. The number of carbonyl (C=O) groups excluding carboxylic acids is 1. The van der Waals surface area contributed by atoms with Crippen LogP contribution in [-0.2, 0) is 17.8 Å². The lowest BCUT2D eigenvalue weighted by Gasteiger charge is -2.07. The maximum Gasteiger partial charge on any atom is 0.248 e. The third kappa shape index (κ3) is 4.94. The molecule has 0 radical (unpaired) electrons. The third-order valence-corrected chi connectivity index (χ3v) is 5.26. The lowest BCUT2D eigenvalue weighted by molar-refractivity contribution is -0.118. The highest BCUT2D eigenvalue weighted by atomic mass is 32.1. The summed E-state index contributed by atoms with van der Waals surface area (Å²) in [7, 11) is 0. The van der Waals surface area contributed by atoms with Crippen molar-refractivity contribution < 1.29 is 9.32 Å². The van der Waals surface area contributed by atoms with Gasteiger partial charge in [0.1, 0.15) is 5.49 Å². The molecular weight excluding hydrogens is 384 g/mol. The number of thiophene rings is 1. The van der Waals surface area contributed by atoms with Crippen molar-refractivity contribution in [1.29, 1.82) is 0 Å². The summed E-state index contributed by atoms with van der Waals surface area (Å²) in [6.45, 7) is 2.72. The van der Waals surface area contributed by atoms with E-state index in [0.717, 1.165) is 10.4 Å². The summed E-state index contributed by atoms with van der Waals surface area (Å²) in [6.07, 6.45) is 2.51. The molecule has 6 nitrogen and oxygen atoms in total. The molecule has 0 bridgehead atoms. The zero-order valence-corrected chi connectivity index (χ0v) is 16.8. The minimum absolute atomic E-state index is 0.214. The molecule has 29 heavy (non-hydrogen) atoms. The number of rotatable bonds is 6. The summed E-state index contributed by atoms with van der Waals surface area (Å²) in [6, 6.07) is 17.8. The quantitative estimate of drug-likeness (QED) is 0.487. The van der Waals surface area contributed by atoms with E-state index in [2.05, 4.69) is 46.3 Å². The molecule has 0 saturated heterocycles. The Hall–Kier alpha value is -3.32. The fraction of sp³-hybridized carbons (Fsp3) is 0.182. The van der Waals surface area contributed by atoms with Crippen molar-refractivity contribution >= 4 is 17.2 Å². The van der Waals surface area contributed by atoms with E-state index in [-0.39, 0.29) is 12.3 Å². The summed E-state index contributed by atoms with van der Waals surface area (Å²) >= 11 is 1.55. The maximum atomic E-state index is 12.4. The van der Waals surface area contributed by atoms with Crippen LogP contribution >= 0.6 is 11.3 Å². The van der Waals surface area contributed by atoms with Crippen LogP contribution in [0.4, 0.5) is 0 Å². The highest BCUT2D eigenvalue weighted by Gasteiger charge is 2.11. The Morgan fingerprint density at radius 3 is 2.79 bits per heavy atom. The summed E-state index contributed by atoms with van der Waals surface area (Å²) in [5.74, 6) is 0.778. The summed E-state index contributed by atoms with van der Waals surface area (Å²) in [4.78, 5) is 22.0. The van der Waals surface area contributed by atoms with Crippen LogP contribution in [0.25, 0.3) is 10.7 Å². The monoisotopic (exact) mass is 404 g/mol. The Labute approximate surface area is 172 Å². The Balaban J connectivity index is 1.44. The smallest absolute Gasteiger partial charge is 0.248 e. The summed E-state index contributed by atoms with van der Waals surface area (Å²) in [5, 5.41) is 5.92. The normalized spacial score (nSPS) is 11.7. The average molecular weight is 404 g/mol. The number of amides is 1. The second kappa shape index (κ2) is 8.79. The van der Waals surface area contributed by atoms with Gasteiger partial charge in [0.25, 0.3) is 0 Å². The topological polar surface area (TPSA) is 73.3 Å². The van der Waals surface area contributed by atoms with Gasteiger partial charge in [-0.25, -0.2) is 0 Å². The van der Waals surface area contributed by atoms with E-state index in [1.807, 2.05) is 46.5 Å². The van der Waals surface area contributed by atoms with Gasteiger partial charge in [-0.3, -0.25) is 4.79 Å². The van der Waals surface area contributed by atoms with Crippen molar-refractivity contribution in [3.63, 3.8) is 0 Å². The van der Waals surface area contributed by atoms with Gasteiger partial charge in [-0.2, -0.15) is 9.98 Å². The van der Waals surface area contributed by atoms with E-state index in [1.54, 1.807) is 11.3 Å². The largest absolute Gasteiger partial charge is 0.339 e. The van der Waals surface area contributed by atoms with E-state index < -0.39 is 0 Å². The molecular formula is C22H20N4O2S. The van der Waals surface area contributed by atoms with Crippen molar-refractivity contribution in [2.75, 3.05) is 0 Å². The molecule has 0 aliphatic heterocycles. The highest BCUT2D eigenvalue weighted by Crippen LogP contribution is 2.21. The Bertz CT molecular complexity index is 1160. The van der Waals surface area contributed by atoms with Crippen molar-refractivity contribution in [3.8, 4) is 10.7 Å². The van der Waals surface area contributed by atoms with Gasteiger partial charge in [0.05, 0.1) is 4.88 Å². The van der Waals surface area contributed by atoms with Gasteiger partial charge in [0.15, 0.2) is 0 Å². The molecule has 0 aliphatic carbocycles. The second-order valence-corrected chi connectivity index (χ2v) is 7.61. The summed E-state index contributed by atoms with van der Waals surface area (Å²) < 4.78 is 7.21. The van der Waals surface area contributed by atoms with Crippen LogP contribution in [0.1, 0.15) is 23.4 Å². The first-order valence-corrected chi connectivity index (χ1v) is 10.2. The molecule has 0 unspecified atom stereocenters. The zero-order valence-electron chi connectivity index (χ0n) is 16.0. The van der Waals surface area contributed by atoms with E-state index >= 15 is 0 Å². The van der Waals surface area contributed by atoms with Crippen molar-refractivity contribution in [2.45, 2.75) is 26.3 Å². The zero-order chi connectivity index (χ0) is 20.1. The van der Waals surface area contributed by atoms with Gasteiger partial charge < -0.3 is 9.09 Å². The van der Waals surface area contributed by atoms with Gasteiger partial charge in [0, 0.05) is 25.6 Å². The van der Waals surface area contributed by atoms with Crippen molar-refractivity contribution in [1.82, 2.24) is 14.7 Å². The molecule has 4 rings (SSSR count). The molecule has 0 N–H and O–H groups in total. The minimum Gasteiger partial charge on any atom is -0.339 e. The van der Waals surface area contributed by atoms with Crippen molar-refractivity contribution in [3.05, 3.63) is 88.7 Å². The predicted octanol–water partition coefficient (Wildman–Crippen LogP) is 4.02. The third-order valence-electron chi connectivity index (χ3n) is 4.39. The number of hydrogen-bond acceptors (Lipinski definition) is 5. The molecule has 146 valence electrons. The fourth-order valence-corrected chi connectivity index (χ4v) is 3.50. The Kier molecular flexibility index (Phi) is 5.76. The van der Waals surface area contributed by atoms with Gasteiger partial charge in [-0.05, 0) is 36.1 Å². The predicted molar refractivity (Wildman–Crippen MR) is 111 cm³/mol. The van der Waals surface area contributed by atoms with Gasteiger partial charge in [0.2, 0.25) is 17.6 Å². The first-order chi connectivity index (χ1) is 14.2. The molecule has 4 aromatic rings. The number of aryl methyl sites for hydroxylation is 2. The molecule has 0 atom stereocenters. The molecule has 0 aliphatic rings. The number of nitrogens with zero attached hydrogens (tertiary/aromatic N) is 4. The van der Waals surface area contributed by atoms with Crippen LogP contribution in [0.2, 0.25) is 0 Å². The molecule has 0 fully saturated rings. The first kappa shape index (κ1) is 19.0. The van der Waals surface area contributed by atoms with Gasteiger partial charge >= 0.3 is 0 Å². The molecule has 3 heterocycles. The van der Waals surface area contributed by atoms with Gasteiger partial charge in [-0.1, -0.05) is 47.1 Å². The van der Waals surface area contributed by atoms with E-state index in [0.29, 0.717) is 30.2 Å². The molecule has 7 heteroatoms. The van der Waals surface area contributed by atoms with E-state index in [4.69, 9.17) is 4.52 Å². The minimum atomic E-state index is -0.218. The number of hydrogen-bond donors (Lipinski definition) is 0. The van der Waals surface area contributed by atoms with E-state index in [1.165, 1.54) is 5.56 Å². The molecule has 1 aromatic carbocycles. The maximum absolute atomic E-state index is 12.4. The fourth-order valence-electron chi connectivity index (χ4n) is 2.85. The summed E-state index contributed by atoms with van der Waals surface area (Å²) in [5.41, 5.74) is 3.00. The lowest BCUT2D eigenvalue weighted by Crippen LogP contribution is -2.22. The number of aromatic nitrogens is 3. The number of pyridine rings is 1. The van der Waals surface area contributed by atoms with Crippen molar-refractivity contribution in [2.24, 2.45) is 4.99 Å². The molecule has 1 amide bonds. The number of carbonyl (C=O) groups is 1. The number of benzene rings is 1. The van der Waals surface area contributed by atoms with Crippen LogP contribution in [0, 0.1) is 6.92 Å². The molecule has 3 aromatic heterocycles. The second-order valence-electron chi connectivity index (χ2n) is 6.67. The highest BCUT2D eigenvalue weighted by molar-refractivity contribution is 7.13. The van der Waals surface area contributed by atoms with Crippen LogP contribution in [-0.4, -0.2) is 20.6 Å². The lowest BCUT2D eigenvalue weighted by atomic mass is 10.1. The van der Waals surface area contributed by atoms with Gasteiger partial charge in [-0.15, -0.1) is 11.3 Å². The van der Waals surface area contributed by atoms with E-state index in [9.17, 15) is 4.79 Å². The first-order valence-electron chi connectivity index (χ1n) is 9.32. The molecule has 0 saturated carbocycles. The van der Waals surface area contributed by atoms with Crippen LogP contribution < -0.4 is 5.49 Å².